The zero-order chi connectivity index (χ0) is 10.7. The first-order valence-electron chi connectivity index (χ1n) is 5.10. The smallest absolute Gasteiger partial charge is 0.0751 e. The van der Waals surface area contributed by atoms with Crippen molar-refractivity contribution in [2.75, 3.05) is 5.32 Å². The van der Waals surface area contributed by atoms with E-state index in [1.165, 1.54) is 0 Å². The number of halogens is 1. The molecule has 0 amide bonds. The van der Waals surface area contributed by atoms with Gasteiger partial charge in [0.25, 0.3) is 0 Å². The maximum atomic E-state index is 9.58. The van der Waals surface area contributed by atoms with Gasteiger partial charge in [0.05, 0.1) is 6.10 Å². The SMILES string of the molecule is OC1C=C(Br)CC(Nc2ccccc2)C1. The summed E-state index contributed by atoms with van der Waals surface area (Å²) in [5.41, 5.74) is 1.11. The van der Waals surface area contributed by atoms with Crippen molar-refractivity contribution in [2.24, 2.45) is 0 Å². The molecule has 1 aliphatic carbocycles. The van der Waals surface area contributed by atoms with E-state index in [0.717, 1.165) is 23.0 Å². The highest BCUT2D eigenvalue weighted by Crippen LogP contribution is 2.25. The van der Waals surface area contributed by atoms with Crippen LogP contribution in [-0.2, 0) is 0 Å². The number of para-hydroxylation sites is 1. The Morgan fingerprint density at radius 2 is 2.00 bits per heavy atom. The van der Waals surface area contributed by atoms with Crippen molar-refractivity contribution in [1.82, 2.24) is 0 Å². The number of benzene rings is 1. The molecule has 2 nitrogen and oxygen atoms in total. The maximum Gasteiger partial charge on any atom is 0.0751 e. The summed E-state index contributed by atoms with van der Waals surface area (Å²) in [6.07, 6.45) is 3.23. The van der Waals surface area contributed by atoms with E-state index in [4.69, 9.17) is 0 Å². The Hall–Kier alpha value is -0.800. The normalized spacial score (nSPS) is 25.9. The fourth-order valence-electron chi connectivity index (χ4n) is 1.84. The number of nitrogens with one attached hydrogen (secondary N) is 1. The number of hydrogen-bond acceptors (Lipinski definition) is 2. The van der Waals surface area contributed by atoms with Crippen molar-refractivity contribution < 1.29 is 5.11 Å². The van der Waals surface area contributed by atoms with Gasteiger partial charge in [-0.2, -0.15) is 0 Å². The van der Waals surface area contributed by atoms with Gasteiger partial charge in [-0.25, -0.2) is 0 Å². The van der Waals surface area contributed by atoms with Crippen LogP contribution in [0.15, 0.2) is 40.9 Å². The zero-order valence-electron chi connectivity index (χ0n) is 8.36. The first-order chi connectivity index (χ1) is 7.24. The summed E-state index contributed by atoms with van der Waals surface area (Å²) in [5.74, 6) is 0. The Morgan fingerprint density at radius 3 is 2.67 bits per heavy atom. The predicted octanol–water partition coefficient (Wildman–Crippen LogP) is 2.90. The Bertz CT molecular complexity index is 350. The van der Waals surface area contributed by atoms with Crippen molar-refractivity contribution in [1.29, 1.82) is 0 Å². The Labute approximate surface area is 98.1 Å². The lowest BCUT2D eigenvalue weighted by Gasteiger charge is -2.25. The van der Waals surface area contributed by atoms with Gasteiger partial charge < -0.3 is 10.4 Å². The van der Waals surface area contributed by atoms with E-state index in [0.29, 0.717) is 6.04 Å². The molecule has 0 fully saturated rings. The predicted molar refractivity (Wildman–Crippen MR) is 66.1 cm³/mol. The minimum Gasteiger partial charge on any atom is -0.389 e. The van der Waals surface area contributed by atoms with Crippen LogP contribution in [-0.4, -0.2) is 17.3 Å². The minimum atomic E-state index is -0.339. The van der Waals surface area contributed by atoms with Gasteiger partial charge in [-0.15, -0.1) is 0 Å². The fraction of sp³-hybridized carbons (Fsp3) is 0.333. The molecule has 1 aromatic carbocycles. The van der Waals surface area contributed by atoms with Gasteiger partial charge in [-0.1, -0.05) is 34.1 Å². The summed E-state index contributed by atoms with van der Waals surface area (Å²) in [7, 11) is 0. The quantitative estimate of drug-likeness (QED) is 0.864. The first kappa shape index (κ1) is 10.7. The second kappa shape index (κ2) is 4.81. The highest BCUT2D eigenvalue weighted by molar-refractivity contribution is 9.11. The van der Waals surface area contributed by atoms with Crippen LogP contribution in [0.1, 0.15) is 12.8 Å². The molecular formula is C12H14BrNO. The van der Waals surface area contributed by atoms with Crippen LogP contribution >= 0.6 is 15.9 Å². The van der Waals surface area contributed by atoms with Gasteiger partial charge in [0.1, 0.15) is 0 Å². The van der Waals surface area contributed by atoms with Crippen LogP contribution in [0.5, 0.6) is 0 Å². The lowest BCUT2D eigenvalue weighted by atomic mass is 9.99. The molecule has 2 atom stereocenters. The average Bonchev–Trinajstić information content (AvgIpc) is 2.17. The number of aliphatic hydroxyl groups excluding tert-OH is 1. The largest absolute Gasteiger partial charge is 0.389 e. The molecule has 0 aliphatic heterocycles. The third-order valence-electron chi connectivity index (χ3n) is 2.49. The van der Waals surface area contributed by atoms with Crippen molar-refractivity contribution >= 4 is 21.6 Å². The van der Waals surface area contributed by atoms with Gasteiger partial charge >= 0.3 is 0 Å². The maximum absolute atomic E-state index is 9.58. The van der Waals surface area contributed by atoms with Crippen LogP contribution in [0.4, 0.5) is 5.69 Å². The van der Waals surface area contributed by atoms with Crippen LogP contribution in [0.3, 0.4) is 0 Å². The monoisotopic (exact) mass is 267 g/mol. The van der Waals surface area contributed by atoms with Gasteiger partial charge in [0, 0.05) is 11.7 Å². The van der Waals surface area contributed by atoms with Gasteiger partial charge in [-0.3, -0.25) is 0 Å². The Balaban J connectivity index is 1.99. The van der Waals surface area contributed by atoms with Crippen LogP contribution in [0, 0.1) is 0 Å². The zero-order valence-corrected chi connectivity index (χ0v) is 9.94. The second-order valence-electron chi connectivity index (χ2n) is 3.83. The average molecular weight is 268 g/mol. The van der Waals surface area contributed by atoms with Gasteiger partial charge in [0.2, 0.25) is 0 Å². The van der Waals surface area contributed by atoms with Crippen molar-refractivity contribution in [2.45, 2.75) is 25.0 Å². The van der Waals surface area contributed by atoms with Crippen LogP contribution in [0.25, 0.3) is 0 Å². The second-order valence-corrected chi connectivity index (χ2v) is 4.85. The molecule has 3 heteroatoms. The molecule has 0 bridgehead atoms. The van der Waals surface area contributed by atoms with E-state index in [2.05, 4.69) is 21.2 Å². The third kappa shape index (κ3) is 3.08. The highest BCUT2D eigenvalue weighted by atomic mass is 79.9. The summed E-state index contributed by atoms with van der Waals surface area (Å²) in [6.45, 7) is 0. The van der Waals surface area contributed by atoms with E-state index in [9.17, 15) is 5.11 Å². The molecule has 2 unspecified atom stereocenters. The number of hydrogen-bond donors (Lipinski definition) is 2. The number of aliphatic hydroxyl groups is 1. The minimum absolute atomic E-state index is 0.307. The standard InChI is InChI=1S/C12H14BrNO/c13-9-6-11(8-12(15)7-9)14-10-4-2-1-3-5-10/h1-5,7,11-12,14-15H,6,8H2. The third-order valence-corrected chi connectivity index (χ3v) is 3.07. The summed E-state index contributed by atoms with van der Waals surface area (Å²) >= 11 is 3.44. The molecule has 0 radical (unpaired) electrons. The molecule has 0 aromatic heterocycles. The Morgan fingerprint density at radius 1 is 1.27 bits per heavy atom. The number of anilines is 1. The van der Waals surface area contributed by atoms with E-state index in [-0.39, 0.29) is 6.10 Å². The summed E-state index contributed by atoms with van der Waals surface area (Å²) in [6, 6.07) is 10.4. The van der Waals surface area contributed by atoms with Crippen molar-refractivity contribution in [3.63, 3.8) is 0 Å². The van der Waals surface area contributed by atoms with E-state index < -0.39 is 0 Å². The molecular weight excluding hydrogens is 254 g/mol. The van der Waals surface area contributed by atoms with E-state index in [1.54, 1.807) is 0 Å². The summed E-state index contributed by atoms with van der Waals surface area (Å²) < 4.78 is 1.08. The van der Waals surface area contributed by atoms with E-state index in [1.807, 2.05) is 36.4 Å². The first-order valence-corrected chi connectivity index (χ1v) is 5.89. The molecule has 0 saturated heterocycles. The van der Waals surface area contributed by atoms with E-state index >= 15 is 0 Å². The highest BCUT2D eigenvalue weighted by Gasteiger charge is 2.19. The molecule has 1 aliphatic rings. The van der Waals surface area contributed by atoms with Gasteiger partial charge in [0.15, 0.2) is 0 Å². The lowest BCUT2D eigenvalue weighted by Crippen LogP contribution is -2.28. The van der Waals surface area contributed by atoms with Crippen molar-refractivity contribution in [3.8, 4) is 0 Å². The summed E-state index contributed by atoms with van der Waals surface area (Å²) in [4.78, 5) is 0. The van der Waals surface area contributed by atoms with Crippen molar-refractivity contribution in [3.05, 3.63) is 40.9 Å². The molecule has 0 spiro atoms. The topological polar surface area (TPSA) is 32.3 Å². The van der Waals surface area contributed by atoms with Gasteiger partial charge in [-0.05, 0) is 35.5 Å². The molecule has 80 valence electrons. The molecule has 2 rings (SSSR count). The molecule has 0 saturated carbocycles. The van der Waals surface area contributed by atoms with Crippen LogP contribution in [0.2, 0.25) is 0 Å². The lowest BCUT2D eigenvalue weighted by molar-refractivity contribution is 0.198. The van der Waals surface area contributed by atoms with Crippen LogP contribution < -0.4 is 5.32 Å². The molecule has 15 heavy (non-hydrogen) atoms. The fourth-order valence-corrected chi connectivity index (χ4v) is 2.53. The molecule has 1 aromatic rings. The summed E-state index contributed by atoms with van der Waals surface area (Å²) in [5, 5.41) is 13.0. The molecule has 0 heterocycles. The number of rotatable bonds is 2. The molecule has 2 N–H and O–H groups in total. The Kier molecular flexibility index (Phi) is 3.44.